The van der Waals surface area contributed by atoms with E-state index in [2.05, 4.69) is 33.9 Å². The van der Waals surface area contributed by atoms with Gasteiger partial charge in [0.15, 0.2) is 0 Å². The lowest BCUT2D eigenvalue weighted by molar-refractivity contribution is 0.140. The van der Waals surface area contributed by atoms with Crippen molar-refractivity contribution in [2.75, 3.05) is 20.2 Å². The number of methoxy groups -OCH3 is 1. The van der Waals surface area contributed by atoms with Crippen LogP contribution < -0.4 is 4.74 Å². The zero-order chi connectivity index (χ0) is 16.2. The molecule has 0 saturated carbocycles. The largest absolute Gasteiger partial charge is 0.497 e. The molecule has 1 N–H and O–H groups in total. The van der Waals surface area contributed by atoms with Gasteiger partial charge in [-0.2, -0.15) is 0 Å². The van der Waals surface area contributed by atoms with E-state index >= 15 is 0 Å². The van der Waals surface area contributed by atoms with Crippen molar-refractivity contribution in [2.24, 2.45) is 5.92 Å². The molecule has 0 bridgehead atoms. The van der Waals surface area contributed by atoms with Gasteiger partial charge in [0.25, 0.3) is 0 Å². The topological polar surface area (TPSA) is 58.5 Å². The van der Waals surface area contributed by atoms with Crippen LogP contribution in [0.15, 0.2) is 36.8 Å². The van der Waals surface area contributed by atoms with Crippen LogP contribution in [0.5, 0.6) is 5.75 Å². The van der Waals surface area contributed by atoms with E-state index in [-0.39, 0.29) is 12.0 Å². The summed E-state index contributed by atoms with van der Waals surface area (Å²) in [6.07, 6.45) is 5.62. The van der Waals surface area contributed by atoms with Crippen LogP contribution in [0.2, 0.25) is 0 Å². The molecule has 1 aliphatic heterocycles. The average Bonchev–Trinajstić information content (AvgIpc) is 2.90. The van der Waals surface area contributed by atoms with Gasteiger partial charge < -0.3 is 9.84 Å². The van der Waals surface area contributed by atoms with E-state index in [0.29, 0.717) is 6.54 Å². The molecule has 122 valence electrons. The van der Waals surface area contributed by atoms with E-state index in [4.69, 9.17) is 4.74 Å². The second-order valence-electron chi connectivity index (χ2n) is 6.21. The third-order valence-electron chi connectivity index (χ3n) is 4.51. The number of ether oxygens (including phenoxy) is 1. The van der Waals surface area contributed by atoms with E-state index < -0.39 is 0 Å². The molecule has 2 atom stereocenters. The molecular formula is C18H23N3O2. The summed E-state index contributed by atoms with van der Waals surface area (Å²) < 4.78 is 5.25. The summed E-state index contributed by atoms with van der Waals surface area (Å²) in [4.78, 5) is 10.7. The lowest BCUT2D eigenvalue weighted by atomic mass is 10.0. The van der Waals surface area contributed by atoms with Gasteiger partial charge in [0.1, 0.15) is 5.75 Å². The maximum absolute atomic E-state index is 10.3. The number of aliphatic hydroxyl groups excluding tert-OH is 1. The smallest absolute Gasteiger partial charge is 0.119 e. The Morgan fingerprint density at radius 2 is 2.17 bits per heavy atom. The minimum Gasteiger partial charge on any atom is -0.497 e. The highest BCUT2D eigenvalue weighted by atomic mass is 16.5. The number of aliphatic hydroxyl groups is 1. The summed E-state index contributed by atoms with van der Waals surface area (Å²) in [6, 6.07) is 6.15. The first-order chi connectivity index (χ1) is 11.2. The molecule has 2 heterocycles. The number of hydrogen-bond acceptors (Lipinski definition) is 5. The van der Waals surface area contributed by atoms with Crippen LogP contribution in [0, 0.1) is 12.8 Å². The number of hydrogen-bond donors (Lipinski definition) is 1. The monoisotopic (exact) mass is 313 g/mol. The van der Waals surface area contributed by atoms with Crippen LogP contribution in [-0.2, 0) is 13.0 Å². The van der Waals surface area contributed by atoms with Crippen molar-refractivity contribution in [1.29, 1.82) is 0 Å². The van der Waals surface area contributed by atoms with Crippen LogP contribution in [0.4, 0.5) is 0 Å². The van der Waals surface area contributed by atoms with Crippen LogP contribution in [0.1, 0.15) is 16.8 Å². The second kappa shape index (κ2) is 7.06. The Kier molecular flexibility index (Phi) is 4.88. The van der Waals surface area contributed by atoms with Gasteiger partial charge in [-0.05, 0) is 36.6 Å². The first-order valence-electron chi connectivity index (χ1n) is 7.94. The molecule has 5 heteroatoms. The van der Waals surface area contributed by atoms with Gasteiger partial charge in [-0.25, -0.2) is 0 Å². The molecule has 0 aliphatic carbocycles. The zero-order valence-electron chi connectivity index (χ0n) is 13.6. The predicted octanol–water partition coefficient (Wildman–Crippen LogP) is 1.83. The van der Waals surface area contributed by atoms with Gasteiger partial charge in [0, 0.05) is 44.1 Å². The van der Waals surface area contributed by atoms with Crippen LogP contribution >= 0.6 is 0 Å². The van der Waals surface area contributed by atoms with Crippen molar-refractivity contribution in [3.05, 3.63) is 53.6 Å². The van der Waals surface area contributed by atoms with Crippen molar-refractivity contribution in [1.82, 2.24) is 14.9 Å². The van der Waals surface area contributed by atoms with E-state index in [1.807, 2.05) is 6.07 Å². The molecule has 0 spiro atoms. The highest BCUT2D eigenvalue weighted by molar-refractivity contribution is 5.34. The SMILES string of the molecule is COc1ccc(CN2CC(O)C(Cc3cnccn3)C2)c(C)c1. The number of nitrogens with zero attached hydrogens (tertiary/aromatic N) is 3. The van der Waals surface area contributed by atoms with Gasteiger partial charge in [-0.3, -0.25) is 14.9 Å². The van der Waals surface area contributed by atoms with Crippen LogP contribution in [-0.4, -0.2) is 46.3 Å². The average molecular weight is 313 g/mol. The second-order valence-corrected chi connectivity index (χ2v) is 6.21. The highest BCUT2D eigenvalue weighted by Crippen LogP contribution is 2.24. The maximum atomic E-state index is 10.3. The number of benzene rings is 1. The van der Waals surface area contributed by atoms with E-state index in [9.17, 15) is 5.11 Å². The summed E-state index contributed by atoms with van der Waals surface area (Å²) in [6.45, 7) is 4.53. The van der Waals surface area contributed by atoms with Gasteiger partial charge >= 0.3 is 0 Å². The number of likely N-dealkylation sites (tertiary alicyclic amines) is 1. The fourth-order valence-corrected chi connectivity index (χ4v) is 3.19. The van der Waals surface area contributed by atoms with Crippen LogP contribution in [0.3, 0.4) is 0 Å². The van der Waals surface area contributed by atoms with Gasteiger partial charge in [0.05, 0.1) is 18.9 Å². The minimum atomic E-state index is -0.310. The standard InChI is InChI=1S/C18H23N3O2/c1-13-7-17(23-2)4-3-14(13)10-21-11-15(18(22)12-21)8-16-9-19-5-6-20-16/h3-7,9,15,18,22H,8,10-12H2,1-2H3. The van der Waals surface area contributed by atoms with Crippen molar-refractivity contribution in [2.45, 2.75) is 26.0 Å². The van der Waals surface area contributed by atoms with Gasteiger partial charge in [0.2, 0.25) is 0 Å². The lowest BCUT2D eigenvalue weighted by Gasteiger charge is -2.17. The molecule has 23 heavy (non-hydrogen) atoms. The Labute approximate surface area is 137 Å². The summed E-state index contributed by atoms with van der Waals surface area (Å²) in [7, 11) is 1.68. The molecule has 1 aromatic carbocycles. The zero-order valence-corrected chi connectivity index (χ0v) is 13.6. The molecule has 2 unspecified atom stereocenters. The van der Waals surface area contributed by atoms with Crippen molar-refractivity contribution in [3.63, 3.8) is 0 Å². The maximum Gasteiger partial charge on any atom is 0.119 e. The first kappa shape index (κ1) is 15.9. The molecule has 1 saturated heterocycles. The van der Waals surface area contributed by atoms with Crippen molar-refractivity contribution < 1.29 is 9.84 Å². The highest BCUT2D eigenvalue weighted by Gasteiger charge is 2.31. The lowest BCUT2D eigenvalue weighted by Crippen LogP contribution is -2.21. The van der Waals surface area contributed by atoms with Crippen LogP contribution in [0.25, 0.3) is 0 Å². The molecule has 0 radical (unpaired) electrons. The number of β-amino-alcohol motifs (C(OH)–C–C–N with tert-alkyl or cyclic N) is 1. The minimum absolute atomic E-state index is 0.213. The third-order valence-corrected chi connectivity index (χ3v) is 4.51. The molecule has 5 nitrogen and oxygen atoms in total. The molecule has 2 aromatic rings. The molecule has 1 fully saturated rings. The van der Waals surface area contributed by atoms with E-state index in [1.165, 1.54) is 11.1 Å². The Morgan fingerprint density at radius 3 is 2.87 bits per heavy atom. The quantitative estimate of drug-likeness (QED) is 0.912. The van der Waals surface area contributed by atoms with Crippen molar-refractivity contribution in [3.8, 4) is 5.75 Å². The van der Waals surface area contributed by atoms with Crippen molar-refractivity contribution >= 4 is 0 Å². The molecule has 3 rings (SSSR count). The third kappa shape index (κ3) is 3.86. The Morgan fingerprint density at radius 1 is 1.30 bits per heavy atom. The molecular weight excluding hydrogens is 290 g/mol. The predicted molar refractivity (Wildman–Crippen MR) is 88.2 cm³/mol. The van der Waals surface area contributed by atoms with Gasteiger partial charge in [-0.15, -0.1) is 0 Å². The fourth-order valence-electron chi connectivity index (χ4n) is 3.19. The summed E-state index contributed by atoms with van der Waals surface area (Å²) in [5.74, 6) is 1.10. The molecule has 0 amide bonds. The van der Waals surface area contributed by atoms with E-state index in [0.717, 1.165) is 31.0 Å². The number of aromatic nitrogens is 2. The number of rotatable bonds is 5. The Balaban J connectivity index is 1.62. The molecule has 1 aliphatic rings. The normalized spacial score (nSPS) is 21.5. The fraction of sp³-hybridized carbons (Fsp3) is 0.444. The first-order valence-corrected chi connectivity index (χ1v) is 7.94. The van der Waals surface area contributed by atoms with Gasteiger partial charge in [-0.1, -0.05) is 6.07 Å². The summed E-state index contributed by atoms with van der Waals surface area (Å²) in [5.41, 5.74) is 3.44. The summed E-state index contributed by atoms with van der Waals surface area (Å²) in [5, 5.41) is 10.3. The molecule has 1 aromatic heterocycles. The Bertz CT molecular complexity index is 648. The summed E-state index contributed by atoms with van der Waals surface area (Å²) >= 11 is 0. The van der Waals surface area contributed by atoms with E-state index in [1.54, 1.807) is 25.7 Å². The number of aryl methyl sites for hydroxylation is 1. The Hall–Kier alpha value is -1.98.